The molecule has 20 heavy (non-hydrogen) atoms. The molecule has 0 aromatic heterocycles. The first-order chi connectivity index (χ1) is 9.52. The Bertz CT molecular complexity index is 603. The molecule has 2 nitrogen and oxygen atoms in total. The number of hydrogen-bond donors (Lipinski definition) is 2. The number of benzene rings is 2. The topological polar surface area (TPSA) is 46.2 Å². The molecular weight excluding hydrogens is 450 g/mol. The Labute approximate surface area is 143 Å². The van der Waals surface area contributed by atoms with Gasteiger partial charge in [0.15, 0.2) is 0 Å². The van der Waals surface area contributed by atoms with Gasteiger partial charge in [-0.05, 0) is 35.4 Å². The lowest BCUT2D eigenvalue weighted by Crippen LogP contribution is -2.20. The molecule has 0 spiro atoms. The van der Waals surface area contributed by atoms with Crippen molar-refractivity contribution < 1.29 is 5.11 Å². The van der Waals surface area contributed by atoms with Crippen LogP contribution in [0.1, 0.15) is 23.1 Å². The summed E-state index contributed by atoms with van der Waals surface area (Å²) in [7, 11) is 0. The summed E-state index contributed by atoms with van der Waals surface area (Å²) in [6.45, 7) is 0.375. The first-order valence-corrected chi connectivity index (χ1v) is 8.49. The van der Waals surface area contributed by atoms with Gasteiger partial charge in [0.2, 0.25) is 0 Å². The fourth-order valence-electron chi connectivity index (χ4n) is 2.14. The van der Waals surface area contributed by atoms with Gasteiger partial charge in [-0.2, -0.15) is 0 Å². The molecule has 0 saturated carbocycles. The smallest absolute Gasteiger partial charge is 0.0881 e. The first kappa shape index (κ1) is 16.2. The van der Waals surface area contributed by atoms with E-state index >= 15 is 0 Å². The molecule has 0 radical (unpaired) electrons. The van der Waals surface area contributed by atoms with Crippen LogP contribution in [-0.4, -0.2) is 11.7 Å². The van der Waals surface area contributed by atoms with E-state index in [-0.39, 0.29) is 5.92 Å². The molecule has 0 amide bonds. The molecule has 0 bridgehead atoms. The highest BCUT2D eigenvalue weighted by Crippen LogP contribution is 2.35. The molecule has 0 heterocycles. The minimum absolute atomic E-state index is 0.148. The number of rotatable bonds is 4. The Morgan fingerprint density at radius 1 is 1.00 bits per heavy atom. The van der Waals surface area contributed by atoms with Crippen molar-refractivity contribution in [1.82, 2.24) is 0 Å². The summed E-state index contributed by atoms with van der Waals surface area (Å²) in [6.07, 6.45) is -0.656. The van der Waals surface area contributed by atoms with E-state index in [1.807, 2.05) is 42.5 Å². The largest absolute Gasteiger partial charge is 0.388 e. The van der Waals surface area contributed by atoms with Crippen molar-refractivity contribution in [2.24, 2.45) is 5.73 Å². The third kappa shape index (κ3) is 3.71. The molecule has 0 aliphatic carbocycles. The van der Waals surface area contributed by atoms with E-state index in [0.29, 0.717) is 6.54 Å². The van der Waals surface area contributed by atoms with Crippen molar-refractivity contribution >= 4 is 47.8 Å². The Balaban J connectivity index is 2.36. The third-order valence-corrected chi connectivity index (χ3v) is 4.87. The molecule has 0 fully saturated rings. The number of halogens is 3. The zero-order valence-electron chi connectivity index (χ0n) is 10.6. The SMILES string of the molecule is NCC(c1cccc(Br)c1)C(O)c1ccc(Br)cc1Br. The van der Waals surface area contributed by atoms with Crippen molar-refractivity contribution in [3.05, 3.63) is 67.0 Å². The highest BCUT2D eigenvalue weighted by molar-refractivity contribution is 9.11. The van der Waals surface area contributed by atoms with Crippen molar-refractivity contribution in [1.29, 1.82) is 0 Å². The first-order valence-electron chi connectivity index (χ1n) is 6.11. The summed E-state index contributed by atoms with van der Waals surface area (Å²) in [6, 6.07) is 13.6. The second kappa shape index (κ2) is 7.18. The van der Waals surface area contributed by atoms with Gasteiger partial charge in [-0.3, -0.25) is 0 Å². The summed E-state index contributed by atoms with van der Waals surface area (Å²) in [5.41, 5.74) is 7.73. The molecule has 2 rings (SSSR count). The van der Waals surface area contributed by atoms with Crippen LogP contribution in [0, 0.1) is 0 Å². The molecular formula is C15H14Br3NO. The van der Waals surface area contributed by atoms with Crippen LogP contribution in [0.4, 0.5) is 0 Å². The normalized spacial score (nSPS) is 14.1. The highest BCUT2D eigenvalue weighted by atomic mass is 79.9. The Hall–Kier alpha value is -0.200. The quantitative estimate of drug-likeness (QED) is 0.687. The van der Waals surface area contributed by atoms with Crippen LogP contribution in [0.25, 0.3) is 0 Å². The fraction of sp³-hybridized carbons (Fsp3) is 0.200. The van der Waals surface area contributed by atoms with Crippen LogP contribution in [0.15, 0.2) is 55.9 Å². The predicted octanol–water partition coefficient (Wildman–Crippen LogP) is 4.75. The summed E-state index contributed by atoms with van der Waals surface area (Å²) in [5, 5.41) is 10.7. The summed E-state index contributed by atoms with van der Waals surface area (Å²) in [5.74, 6) is -0.148. The number of aliphatic hydroxyl groups excluding tert-OH is 1. The lowest BCUT2D eigenvalue weighted by atomic mass is 9.89. The number of aliphatic hydroxyl groups is 1. The average molecular weight is 464 g/mol. The second-order valence-corrected chi connectivity index (χ2v) is 7.19. The van der Waals surface area contributed by atoms with E-state index in [4.69, 9.17) is 5.73 Å². The Kier molecular flexibility index (Phi) is 5.81. The molecule has 3 N–H and O–H groups in total. The van der Waals surface area contributed by atoms with Crippen LogP contribution in [-0.2, 0) is 0 Å². The maximum absolute atomic E-state index is 10.7. The summed E-state index contributed by atoms with van der Waals surface area (Å²) >= 11 is 10.4. The van der Waals surface area contributed by atoms with E-state index in [2.05, 4.69) is 47.8 Å². The molecule has 2 aromatic carbocycles. The van der Waals surface area contributed by atoms with Crippen molar-refractivity contribution in [3.63, 3.8) is 0 Å². The van der Waals surface area contributed by atoms with E-state index in [9.17, 15) is 5.11 Å². The van der Waals surface area contributed by atoms with Gasteiger partial charge in [-0.25, -0.2) is 0 Å². The van der Waals surface area contributed by atoms with Gasteiger partial charge in [-0.15, -0.1) is 0 Å². The molecule has 0 aliphatic rings. The van der Waals surface area contributed by atoms with Crippen molar-refractivity contribution in [3.8, 4) is 0 Å². The van der Waals surface area contributed by atoms with Crippen LogP contribution in [0.5, 0.6) is 0 Å². The predicted molar refractivity (Wildman–Crippen MR) is 92.7 cm³/mol. The van der Waals surface area contributed by atoms with Crippen LogP contribution < -0.4 is 5.73 Å². The van der Waals surface area contributed by atoms with Gasteiger partial charge in [0.05, 0.1) is 6.10 Å². The van der Waals surface area contributed by atoms with Crippen LogP contribution in [0.3, 0.4) is 0 Å². The van der Waals surface area contributed by atoms with Gasteiger partial charge in [0.25, 0.3) is 0 Å². The van der Waals surface area contributed by atoms with Gasteiger partial charge >= 0.3 is 0 Å². The van der Waals surface area contributed by atoms with Crippen molar-refractivity contribution in [2.75, 3.05) is 6.54 Å². The van der Waals surface area contributed by atoms with Gasteiger partial charge in [0.1, 0.15) is 0 Å². The van der Waals surface area contributed by atoms with Gasteiger partial charge < -0.3 is 10.8 Å². The number of nitrogens with two attached hydrogens (primary N) is 1. The van der Waals surface area contributed by atoms with Crippen molar-refractivity contribution in [2.45, 2.75) is 12.0 Å². The molecule has 0 aliphatic heterocycles. The average Bonchev–Trinajstić information content (AvgIpc) is 2.39. The molecule has 106 valence electrons. The Morgan fingerprint density at radius 2 is 1.70 bits per heavy atom. The zero-order chi connectivity index (χ0) is 14.7. The lowest BCUT2D eigenvalue weighted by molar-refractivity contribution is 0.146. The summed E-state index contributed by atoms with van der Waals surface area (Å²) in [4.78, 5) is 0. The van der Waals surface area contributed by atoms with Crippen LogP contribution >= 0.6 is 47.8 Å². The number of hydrogen-bond acceptors (Lipinski definition) is 2. The van der Waals surface area contributed by atoms with E-state index in [1.165, 1.54) is 0 Å². The maximum atomic E-state index is 10.7. The minimum atomic E-state index is -0.656. The molecule has 5 heteroatoms. The Morgan fingerprint density at radius 3 is 2.30 bits per heavy atom. The third-order valence-electron chi connectivity index (χ3n) is 3.19. The standard InChI is InChI=1S/C15H14Br3NO/c16-10-3-1-2-9(6-10)13(8-19)15(20)12-5-4-11(17)7-14(12)18/h1-7,13,15,20H,8,19H2. The summed E-state index contributed by atoms with van der Waals surface area (Å²) < 4.78 is 2.82. The zero-order valence-corrected chi connectivity index (χ0v) is 15.3. The molecule has 2 atom stereocenters. The van der Waals surface area contributed by atoms with E-state index in [0.717, 1.165) is 24.5 Å². The molecule has 2 unspecified atom stereocenters. The maximum Gasteiger partial charge on any atom is 0.0881 e. The second-order valence-electron chi connectivity index (χ2n) is 4.51. The van der Waals surface area contributed by atoms with E-state index in [1.54, 1.807) is 0 Å². The monoisotopic (exact) mass is 461 g/mol. The molecule has 0 saturated heterocycles. The lowest BCUT2D eigenvalue weighted by Gasteiger charge is -2.23. The van der Waals surface area contributed by atoms with Crippen LogP contribution in [0.2, 0.25) is 0 Å². The van der Waals surface area contributed by atoms with Gasteiger partial charge in [-0.1, -0.05) is 66.0 Å². The highest BCUT2D eigenvalue weighted by Gasteiger charge is 2.23. The molecule has 2 aromatic rings. The van der Waals surface area contributed by atoms with Gasteiger partial charge in [0, 0.05) is 25.9 Å². The fourth-order valence-corrected chi connectivity index (χ4v) is 3.84. The van der Waals surface area contributed by atoms with E-state index < -0.39 is 6.10 Å². The minimum Gasteiger partial charge on any atom is -0.388 e.